The molecule has 1 aliphatic carbocycles. The van der Waals surface area contributed by atoms with Crippen LogP contribution in [0, 0.1) is 0 Å². The highest BCUT2D eigenvalue weighted by Crippen LogP contribution is 2.39. The van der Waals surface area contributed by atoms with Gasteiger partial charge >= 0.3 is 0 Å². The number of ether oxygens (including phenoxy) is 1. The number of pyridine rings is 1. The first kappa shape index (κ1) is 21.3. The number of nitrogens with zero attached hydrogens (tertiary/aromatic N) is 3. The fourth-order valence-electron chi connectivity index (χ4n) is 4.58. The van der Waals surface area contributed by atoms with Crippen molar-refractivity contribution in [3.8, 4) is 16.9 Å². The third kappa shape index (κ3) is 4.25. The summed E-state index contributed by atoms with van der Waals surface area (Å²) in [6, 6.07) is 11.4. The van der Waals surface area contributed by atoms with Gasteiger partial charge in [-0.25, -0.2) is 13.8 Å². The molecule has 0 bridgehead atoms. The molecule has 0 radical (unpaired) electrons. The lowest BCUT2D eigenvalue weighted by atomic mass is 9.92. The van der Waals surface area contributed by atoms with Crippen LogP contribution in [0.4, 0.5) is 8.78 Å². The number of alkyl halides is 2. The number of aromatic nitrogens is 4. The lowest BCUT2D eigenvalue weighted by Gasteiger charge is -2.29. The number of benzene rings is 1. The highest BCUT2D eigenvalue weighted by molar-refractivity contribution is 5.75. The Bertz CT molecular complexity index is 1350. The van der Waals surface area contributed by atoms with Crippen molar-refractivity contribution >= 4 is 11.0 Å². The Morgan fingerprint density at radius 2 is 1.97 bits per heavy atom. The highest BCUT2D eigenvalue weighted by atomic mass is 19.3. The Hall–Kier alpha value is -3.55. The van der Waals surface area contributed by atoms with Gasteiger partial charge in [-0.2, -0.15) is 0 Å². The van der Waals surface area contributed by atoms with Crippen LogP contribution in [0.15, 0.2) is 59.8 Å². The van der Waals surface area contributed by atoms with E-state index in [9.17, 15) is 13.6 Å². The second-order valence-electron chi connectivity index (χ2n) is 8.51. The summed E-state index contributed by atoms with van der Waals surface area (Å²) in [5, 5.41) is 0.473. The van der Waals surface area contributed by atoms with Gasteiger partial charge in [0.15, 0.2) is 0 Å². The van der Waals surface area contributed by atoms with Gasteiger partial charge in [-0.05, 0) is 36.1 Å². The van der Waals surface area contributed by atoms with Gasteiger partial charge in [0.1, 0.15) is 17.2 Å². The molecular weight excluding hydrogens is 426 g/mol. The van der Waals surface area contributed by atoms with Crippen molar-refractivity contribution in [2.75, 3.05) is 7.11 Å². The third-order valence-electron chi connectivity index (χ3n) is 6.35. The van der Waals surface area contributed by atoms with Gasteiger partial charge < -0.3 is 14.3 Å². The van der Waals surface area contributed by atoms with E-state index in [1.54, 1.807) is 31.8 Å². The summed E-state index contributed by atoms with van der Waals surface area (Å²) in [5.41, 5.74) is 3.17. The van der Waals surface area contributed by atoms with Crippen LogP contribution in [0.3, 0.4) is 0 Å². The van der Waals surface area contributed by atoms with E-state index in [0.29, 0.717) is 41.9 Å². The van der Waals surface area contributed by atoms with Crippen LogP contribution in [0.5, 0.6) is 5.75 Å². The zero-order valence-corrected chi connectivity index (χ0v) is 18.2. The summed E-state index contributed by atoms with van der Waals surface area (Å²) in [5.74, 6) is -1.42. The lowest BCUT2D eigenvalue weighted by Crippen LogP contribution is -2.26. The molecule has 1 aliphatic rings. The molecule has 1 saturated carbocycles. The zero-order chi connectivity index (χ0) is 23.0. The van der Waals surface area contributed by atoms with Crippen molar-refractivity contribution < 1.29 is 13.5 Å². The number of fused-ring (bicyclic) bond motifs is 1. The lowest BCUT2D eigenvalue weighted by molar-refractivity contribution is -0.0436. The van der Waals surface area contributed by atoms with Crippen molar-refractivity contribution in [3.63, 3.8) is 0 Å². The second kappa shape index (κ2) is 8.42. The summed E-state index contributed by atoms with van der Waals surface area (Å²) in [6.07, 6.45) is 6.06. The second-order valence-corrected chi connectivity index (χ2v) is 8.51. The number of H-pyrrole nitrogens is 1. The molecule has 0 atom stereocenters. The van der Waals surface area contributed by atoms with E-state index in [-0.39, 0.29) is 24.4 Å². The molecular formula is C25H24F2N4O2. The number of rotatable bonds is 5. The summed E-state index contributed by atoms with van der Waals surface area (Å²) in [4.78, 5) is 24.7. The van der Waals surface area contributed by atoms with E-state index in [0.717, 1.165) is 16.7 Å². The van der Waals surface area contributed by atoms with Crippen LogP contribution in [0.2, 0.25) is 0 Å². The van der Waals surface area contributed by atoms with Gasteiger partial charge in [0, 0.05) is 43.3 Å². The largest absolute Gasteiger partial charge is 0.495 e. The smallest absolute Gasteiger partial charge is 0.260 e. The van der Waals surface area contributed by atoms with Gasteiger partial charge in [0.2, 0.25) is 5.92 Å². The molecule has 5 rings (SSSR count). The van der Waals surface area contributed by atoms with Crippen molar-refractivity contribution in [2.24, 2.45) is 0 Å². The molecule has 0 aliphatic heterocycles. The number of hydrogen-bond donors (Lipinski definition) is 1. The molecule has 3 aromatic heterocycles. The van der Waals surface area contributed by atoms with E-state index in [2.05, 4.69) is 9.97 Å². The summed E-state index contributed by atoms with van der Waals surface area (Å²) in [6.45, 7) is 0. The Balaban J connectivity index is 1.50. The fraction of sp³-hybridized carbons (Fsp3) is 0.320. The number of halogens is 2. The maximum atomic E-state index is 13.6. The fourth-order valence-corrected chi connectivity index (χ4v) is 4.58. The van der Waals surface area contributed by atoms with Crippen LogP contribution in [0.25, 0.3) is 22.2 Å². The third-order valence-corrected chi connectivity index (χ3v) is 6.35. The molecule has 0 saturated heterocycles. The van der Waals surface area contributed by atoms with E-state index in [1.165, 1.54) is 0 Å². The molecule has 6 nitrogen and oxygen atoms in total. The first-order chi connectivity index (χ1) is 15.9. The minimum atomic E-state index is -2.60. The van der Waals surface area contributed by atoms with Crippen molar-refractivity contribution in [3.05, 3.63) is 76.7 Å². The maximum Gasteiger partial charge on any atom is 0.260 e. The quantitative estimate of drug-likeness (QED) is 0.457. The Morgan fingerprint density at radius 3 is 2.76 bits per heavy atom. The molecule has 8 heteroatoms. The monoisotopic (exact) mass is 450 g/mol. The van der Waals surface area contributed by atoms with Crippen LogP contribution in [0.1, 0.15) is 43.1 Å². The number of aromatic amines is 1. The predicted molar refractivity (Wildman–Crippen MR) is 122 cm³/mol. The molecule has 0 spiro atoms. The Kier molecular flexibility index (Phi) is 5.44. The zero-order valence-electron chi connectivity index (χ0n) is 18.2. The van der Waals surface area contributed by atoms with Crippen LogP contribution in [-0.2, 0) is 6.42 Å². The molecule has 3 heterocycles. The van der Waals surface area contributed by atoms with Crippen molar-refractivity contribution in [1.29, 1.82) is 0 Å². The number of methoxy groups -OCH3 is 1. The van der Waals surface area contributed by atoms with Crippen LogP contribution >= 0.6 is 0 Å². The average Bonchev–Trinajstić information content (AvgIpc) is 3.24. The van der Waals surface area contributed by atoms with Crippen molar-refractivity contribution in [2.45, 2.75) is 44.1 Å². The standard InChI is InChI=1S/C25H24F2N4O2/c1-33-19-12-17(14-28-15-19)20-5-3-2-4-16(20)13-22-29-23-21(24(32)30-22)8-11-31(23)18-6-9-25(26,27)10-7-18/h2-5,8,11-12,14-15,18H,6-7,9-10,13H2,1H3,(H,29,30,32). The molecule has 0 unspecified atom stereocenters. The number of nitrogens with one attached hydrogen (secondary N) is 1. The predicted octanol–water partition coefficient (Wildman–Crippen LogP) is 5.14. The molecule has 1 aromatic carbocycles. The van der Waals surface area contributed by atoms with E-state index in [1.807, 2.05) is 34.9 Å². The molecule has 4 aromatic rings. The minimum Gasteiger partial charge on any atom is -0.495 e. The molecule has 0 amide bonds. The summed E-state index contributed by atoms with van der Waals surface area (Å²) < 4.78 is 34.5. The SMILES string of the molecule is COc1cncc(-c2ccccc2Cc2nc3c(ccn3C3CCC(F)(F)CC3)c(=O)[nH]2)c1. The molecule has 1 N–H and O–H groups in total. The Morgan fingerprint density at radius 1 is 1.18 bits per heavy atom. The molecule has 170 valence electrons. The summed E-state index contributed by atoms with van der Waals surface area (Å²) in [7, 11) is 1.60. The average molecular weight is 450 g/mol. The normalized spacial score (nSPS) is 16.2. The van der Waals surface area contributed by atoms with E-state index in [4.69, 9.17) is 9.72 Å². The first-order valence-corrected chi connectivity index (χ1v) is 11.0. The molecule has 33 heavy (non-hydrogen) atoms. The van der Waals surface area contributed by atoms with Crippen molar-refractivity contribution in [1.82, 2.24) is 19.5 Å². The maximum absolute atomic E-state index is 13.6. The van der Waals surface area contributed by atoms with Gasteiger partial charge in [0.25, 0.3) is 5.56 Å². The minimum absolute atomic E-state index is 0.0839. The Labute approximate surface area is 189 Å². The summed E-state index contributed by atoms with van der Waals surface area (Å²) >= 11 is 0. The van der Waals surface area contributed by atoms with Gasteiger partial charge in [0.05, 0.1) is 18.7 Å². The van der Waals surface area contributed by atoms with Gasteiger partial charge in [-0.15, -0.1) is 0 Å². The van der Waals surface area contributed by atoms with Gasteiger partial charge in [-0.1, -0.05) is 24.3 Å². The van der Waals surface area contributed by atoms with E-state index < -0.39 is 5.92 Å². The van der Waals surface area contributed by atoms with Crippen LogP contribution in [-0.4, -0.2) is 32.6 Å². The number of hydrogen-bond acceptors (Lipinski definition) is 4. The van der Waals surface area contributed by atoms with E-state index >= 15 is 0 Å². The van der Waals surface area contributed by atoms with Crippen LogP contribution < -0.4 is 10.3 Å². The topological polar surface area (TPSA) is 72.8 Å². The highest BCUT2D eigenvalue weighted by Gasteiger charge is 2.35. The molecule has 1 fully saturated rings. The van der Waals surface area contributed by atoms with Gasteiger partial charge in [-0.3, -0.25) is 9.78 Å². The first-order valence-electron chi connectivity index (χ1n) is 11.0.